The summed E-state index contributed by atoms with van der Waals surface area (Å²) in [4.78, 5) is 51.0. The van der Waals surface area contributed by atoms with Gasteiger partial charge in [-0.2, -0.15) is 0 Å². The molecule has 0 aromatic heterocycles. The Bertz CT molecular complexity index is 1160. The molecule has 1 heterocycles. The second-order valence-electron chi connectivity index (χ2n) is 7.72. The van der Waals surface area contributed by atoms with E-state index in [0.29, 0.717) is 28.7 Å². The third-order valence-electron chi connectivity index (χ3n) is 5.65. The van der Waals surface area contributed by atoms with E-state index in [1.807, 2.05) is 13.0 Å². The first-order valence-corrected chi connectivity index (χ1v) is 10.5. The van der Waals surface area contributed by atoms with Gasteiger partial charge in [0.2, 0.25) is 11.8 Å². The highest BCUT2D eigenvalue weighted by atomic mass is 79.9. The largest absolute Gasteiger partial charge is 0.478 e. The number of hydrogen-bond donors (Lipinski definition) is 2. The highest BCUT2D eigenvalue weighted by Gasteiger charge is 2.48. The number of allylic oxidation sites excluding steroid dienone is 2. The zero-order valence-electron chi connectivity index (χ0n) is 16.6. The molecule has 3 amide bonds. The monoisotopic (exact) mass is 482 g/mol. The SMILES string of the molecule is CC1=CC[C@H]2C(=O)N(c3cccc(C(=O)Nc4cc(C(=O)O)ccc4Br)c3)C(=O)[C@H]2C1. The zero-order chi connectivity index (χ0) is 22.3. The molecule has 2 aromatic carbocycles. The van der Waals surface area contributed by atoms with E-state index in [2.05, 4.69) is 21.2 Å². The van der Waals surface area contributed by atoms with Gasteiger partial charge in [0, 0.05) is 10.0 Å². The molecule has 31 heavy (non-hydrogen) atoms. The van der Waals surface area contributed by atoms with Gasteiger partial charge in [-0.15, -0.1) is 0 Å². The molecule has 0 radical (unpaired) electrons. The van der Waals surface area contributed by atoms with Gasteiger partial charge in [0.1, 0.15) is 0 Å². The van der Waals surface area contributed by atoms with Gasteiger partial charge < -0.3 is 10.4 Å². The first kappa shape index (κ1) is 21.0. The molecule has 2 aromatic rings. The average Bonchev–Trinajstić information content (AvgIpc) is 2.99. The molecule has 2 N–H and O–H groups in total. The van der Waals surface area contributed by atoms with Crippen LogP contribution >= 0.6 is 15.9 Å². The van der Waals surface area contributed by atoms with E-state index in [1.54, 1.807) is 18.2 Å². The van der Waals surface area contributed by atoms with E-state index < -0.39 is 11.9 Å². The van der Waals surface area contributed by atoms with Crippen LogP contribution in [0.2, 0.25) is 0 Å². The van der Waals surface area contributed by atoms with Crippen molar-refractivity contribution in [1.29, 1.82) is 0 Å². The van der Waals surface area contributed by atoms with Crippen molar-refractivity contribution >= 4 is 51.0 Å². The molecule has 8 heteroatoms. The molecule has 0 bridgehead atoms. The Labute approximate surface area is 186 Å². The maximum absolute atomic E-state index is 12.9. The molecule has 1 aliphatic carbocycles. The minimum Gasteiger partial charge on any atom is -0.478 e. The highest BCUT2D eigenvalue weighted by Crippen LogP contribution is 2.39. The quantitative estimate of drug-likeness (QED) is 0.500. The van der Waals surface area contributed by atoms with Gasteiger partial charge in [-0.25, -0.2) is 4.79 Å². The maximum Gasteiger partial charge on any atom is 0.335 e. The summed E-state index contributed by atoms with van der Waals surface area (Å²) in [5, 5.41) is 11.8. The van der Waals surface area contributed by atoms with Crippen molar-refractivity contribution in [3.05, 3.63) is 69.7 Å². The number of benzene rings is 2. The molecule has 2 aliphatic rings. The number of aromatic carboxylic acids is 1. The molecule has 1 aliphatic heterocycles. The Kier molecular flexibility index (Phi) is 5.49. The summed E-state index contributed by atoms with van der Waals surface area (Å²) >= 11 is 3.29. The second-order valence-corrected chi connectivity index (χ2v) is 8.57. The summed E-state index contributed by atoms with van der Waals surface area (Å²) in [5.74, 6) is -2.79. The second kappa shape index (κ2) is 8.11. The van der Waals surface area contributed by atoms with Gasteiger partial charge in [-0.1, -0.05) is 17.7 Å². The predicted octanol–water partition coefficient (Wildman–Crippen LogP) is 4.25. The lowest BCUT2D eigenvalue weighted by Crippen LogP contribution is -2.31. The third-order valence-corrected chi connectivity index (χ3v) is 6.34. The molecule has 0 spiro atoms. The molecule has 4 rings (SSSR count). The number of rotatable bonds is 4. The fourth-order valence-electron chi connectivity index (χ4n) is 4.03. The lowest BCUT2D eigenvalue weighted by atomic mass is 9.82. The first-order chi connectivity index (χ1) is 14.8. The van der Waals surface area contributed by atoms with Crippen LogP contribution in [0, 0.1) is 11.8 Å². The maximum atomic E-state index is 12.9. The molecule has 158 valence electrons. The number of carboxylic acids is 1. The number of halogens is 1. The fourth-order valence-corrected chi connectivity index (χ4v) is 4.37. The number of carbonyl (C=O) groups excluding carboxylic acids is 3. The molecule has 0 unspecified atom stereocenters. The van der Waals surface area contributed by atoms with E-state index in [0.717, 1.165) is 5.57 Å². The number of fused-ring (bicyclic) bond motifs is 1. The molecule has 1 saturated heterocycles. The number of hydrogen-bond acceptors (Lipinski definition) is 4. The normalized spacial score (nSPS) is 20.3. The van der Waals surface area contributed by atoms with Gasteiger partial charge >= 0.3 is 5.97 Å². The Balaban J connectivity index is 1.59. The fraction of sp³-hybridized carbons (Fsp3) is 0.217. The summed E-state index contributed by atoms with van der Waals surface area (Å²) in [6, 6.07) is 10.6. The van der Waals surface area contributed by atoms with Crippen LogP contribution < -0.4 is 10.2 Å². The van der Waals surface area contributed by atoms with Crippen molar-refractivity contribution in [3.63, 3.8) is 0 Å². The predicted molar refractivity (Wildman–Crippen MR) is 118 cm³/mol. The van der Waals surface area contributed by atoms with Crippen molar-refractivity contribution in [2.45, 2.75) is 19.8 Å². The zero-order valence-corrected chi connectivity index (χ0v) is 18.2. The minimum absolute atomic E-state index is 0.0343. The average molecular weight is 483 g/mol. The molecule has 7 nitrogen and oxygen atoms in total. The Morgan fingerprint density at radius 2 is 1.81 bits per heavy atom. The summed E-state index contributed by atoms with van der Waals surface area (Å²) in [6.45, 7) is 1.96. The molecule has 0 saturated carbocycles. The van der Waals surface area contributed by atoms with E-state index in [4.69, 9.17) is 5.11 Å². The Morgan fingerprint density at radius 1 is 1.06 bits per heavy atom. The molecular formula is C23H19BrN2O5. The van der Waals surface area contributed by atoms with Crippen molar-refractivity contribution < 1.29 is 24.3 Å². The van der Waals surface area contributed by atoms with Gasteiger partial charge in [-0.05, 0) is 72.1 Å². The summed E-state index contributed by atoms with van der Waals surface area (Å²) in [7, 11) is 0. The van der Waals surface area contributed by atoms with E-state index in [1.165, 1.54) is 29.2 Å². The van der Waals surface area contributed by atoms with E-state index >= 15 is 0 Å². The number of imide groups is 1. The van der Waals surface area contributed by atoms with Gasteiger partial charge in [-0.3, -0.25) is 19.3 Å². The van der Waals surface area contributed by atoms with Crippen molar-refractivity contribution in [2.24, 2.45) is 11.8 Å². The van der Waals surface area contributed by atoms with Gasteiger partial charge in [0.05, 0.1) is 28.8 Å². The Hall–Kier alpha value is -3.26. The topological polar surface area (TPSA) is 104 Å². The van der Waals surface area contributed by atoms with Crippen LogP contribution in [0.25, 0.3) is 0 Å². The minimum atomic E-state index is -1.11. The summed E-state index contributed by atoms with van der Waals surface area (Å²) in [6.07, 6.45) is 3.12. The molecule has 2 atom stereocenters. The van der Waals surface area contributed by atoms with Crippen LogP contribution in [-0.2, 0) is 9.59 Å². The van der Waals surface area contributed by atoms with Crippen molar-refractivity contribution in [2.75, 3.05) is 10.2 Å². The highest BCUT2D eigenvalue weighted by molar-refractivity contribution is 9.10. The molecular weight excluding hydrogens is 464 g/mol. The van der Waals surface area contributed by atoms with Crippen LogP contribution in [-0.4, -0.2) is 28.8 Å². The van der Waals surface area contributed by atoms with Crippen LogP contribution in [0.3, 0.4) is 0 Å². The van der Waals surface area contributed by atoms with E-state index in [-0.39, 0.29) is 34.8 Å². The number of carbonyl (C=O) groups is 4. The molecule has 1 fully saturated rings. The van der Waals surface area contributed by atoms with Crippen LogP contribution in [0.15, 0.2) is 58.6 Å². The van der Waals surface area contributed by atoms with Crippen LogP contribution in [0.5, 0.6) is 0 Å². The number of nitrogens with one attached hydrogen (secondary N) is 1. The van der Waals surface area contributed by atoms with Crippen LogP contribution in [0.1, 0.15) is 40.5 Å². The summed E-state index contributed by atoms with van der Waals surface area (Å²) < 4.78 is 0.527. The summed E-state index contributed by atoms with van der Waals surface area (Å²) in [5.41, 5.74) is 2.04. The lowest BCUT2D eigenvalue weighted by molar-refractivity contribution is -0.122. The van der Waals surface area contributed by atoms with E-state index in [9.17, 15) is 19.2 Å². The lowest BCUT2D eigenvalue weighted by Gasteiger charge is -2.18. The number of amides is 3. The first-order valence-electron chi connectivity index (χ1n) is 9.74. The number of carboxylic acid groups (broad SMARTS) is 1. The number of nitrogens with zero attached hydrogens (tertiary/aromatic N) is 1. The smallest absolute Gasteiger partial charge is 0.335 e. The number of anilines is 2. The van der Waals surface area contributed by atoms with Gasteiger partial charge in [0.25, 0.3) is 5.91 Å². The third kappa shape index (κ3) is 3.90. The standard InChI is InChI=1S/C23H19BrN2O5/c1-12-5-7-16-17(9-12)22(29)26(21(16)28)15-4-2-3-13(10-15)20(27)25-19-11-14(23(30)31)6-8-18(19)24/h2-6,8,10-11,16-17H,7,9H2,1H3,(H,25,27)(H,30,31)/t16-,17+/m1/s1. The van der Waals surface area contributed by atoms with Crippen molar-refractivity contribution in [3.8, 4) is 0 Å². The van der Waals surface area contributed by atoms with Crippen LogP contribution in [0.4, 0.5) is 11.4 Å². The Morgan fingerprint density at radius 3 is 2.55 bits per heavy atom. The van der Waals surface area contributed by atoms with Gasteiger partial charge in [0.15, 0.2) is 0 Å². The van der Waals surface area contributed by atoms with Crippen molar-refractivity contribution in [1.82, 2.24) is 0 Å².